The fraction of sp³-hybridized carbons (Fsp3) is 0.485. The number of carbonyl (C=O) groups is 4. The Morgan fingerprint density at radius 1 is 1.11 bits per heavy atom. The molecule has 1 fully saturated rings. The zero-order valence-electron chi connectivity index (χ0n) is 26.9. The normalized spacial score (nSPS) is 22.8. The minimum absolute atomic E-state index is 0.0658. The van der Waals surface area contributed by atoms with Crippen LogP contribution in [0.3, 0.4) is 0 Å². The molecular weight excluding hydrogens is 610 g/mol. The lowest BCUT2D eigenvalue weighted by atomic mass is 9.88. The maximum atomic E-state index is 12.5. The lowest BCUT2D eigenvalue weighted by Gasteiger charge is -2.21. The molecule has 2 aliphatic heterocycles. The number of aliphatic hydroxyl groups excluding tert-OH is 1. The molecule has 8 N–H and O–H groups in total. The van der Waals surface area contributed by atoms with E-state index < -0.39 is 24.1 Å². The van der Waals surface area contributed by atoms with Gasteiger partial charge in [-0.3, -0.25) is 14.4 Å². The van der Waals surface area contributed by atoms with Gasteiger partial charge < -0.3 is 36.3 Å². The van der Waals surface area contributed by atoms with E-state index in [1.807, 2.05) is 40.7 Å². The molecule has 2 aromatic rings. The number of hydrogen-bond donors (Lipinski definition) is 8. The van der Waals surface area contributed by atoms with E-state index in [4.69, 9.17) is 5.73 Å². The highest BCUT2D eigenvalue weighted by Crippen LogP contribution is 2.31. The van der Waals surface area contributed by atoms with Crippen LogP contribution in [0.5, 0.6) is 0 Å². The third-order valence-electron chi connectivity index (χ3n) is 9.38. The number of aromatic nitrogens is 2. The molecule has 2 aromatic heterocycles. The van der Waals surface area contributed by atoms with Crippen LogP contribution in [0.15, 0.2) is 16.1 Å². The van der Waals surface area contributed by atoms with E-state index in [9.17, 15) is 34.5 Å². The minimum Gasteiger partial charge on any atom is -0.481 e. The highest BCUT2D eigenvalue weighted by molar-refractivity contribution is 7.80. The highest BCUT2D eigenvalue weighted by Gasteiger charge is 2.40. The number of aliphatic hydroxyl groups is 1. The van der Waals surface area contributed by atoms with E-state index in [2.05, 4.69) is 32.9 Å². The number of nitrogens with two attached hydrogens (primary N) is 1. The van der Waals surface area contributed by atoms with E-state index in [1.54, 1.807) is 13.0 Å². The number of aromatic amines is 2. The Balaban J connectivity index is 1.92. The van der Waals surface area contributed by atoms with Crippen molar-refractivity contribution in [1.82, 2.24) is 15.3 Å². The second-order valence-corrected chi connectivity index (χ2v) is 13.1. The number of thiol groups is 1. The summed E-state index contributed by atoms with van der Waals surface area (Å²) in [6.45, 7) is 11.2. The predicted octanol–water partition coefficient (Wildman–Crippen LogP) is 1.35. The summed E-state index contributed by atoms with van der Waals surface area (Å²) in [5.74, 6) is -3.10. The van der Waals surface area contributed by atoms with Gasteiger partial charge >= 0.3 is 11.9 Å². The van der Waals surface area contributed by atoms with Gasteiger partial charge in [0, 0.05) is 63.2 Å². The monoisotopic (exact) mass is 653 g/mol. The summed E-state index contributed by atoms with van der Waals surface area (Å²) in [6.07, 6.45) is 2.62. The Morgan fingerprint density at radius 2 is 1.78 bits per heavy atom. The van der Waals surface area contributed by atoms with Crippen molar-refractivity contribution < 1.29 is 34.5 Å². The lowest BCUT2D eigenvalue weighted by molar-refractivity contribution is -0.147. The summed E-state index contributed by atoms with van der Waals surface area (Å²) in [7, 11) is 0. The van der Waals surface area contributed by atoms with Gasteiger partial charge in [-0.05, 0) is 68.0 Å². The average Bonchev–Trinajstić information content (AvgIpc) is 3.63. The minimum atomic E-state index is -1.90. The van der Waals surface area contributed by atoms with Crippen LogP contribution in [0.1, 0.15) is 80.2 Å². The third kappa shape index (κ3) is 6.76. The molecule has 0 radical (unpaired) electrons. The van der Waals surface area contributed by atoms with Crippen LogP contribution in [0.2, 0.25) is 0 Å². The van der Waals surface area contributed by atoms with E-state index in [0.717, 1.165) is 16.7 Å². The van der Waals surface area contributed by atoms with Crippen LogP contribution in [-0.4, -0.2) is 72.1 Å². The second-order valence-electron chi connectivity index (χ2n) is 12.3. The third-order valence-corrected chi connectivity index (χ3v) is 9.73. The Morgan fingerprint density at radius 3 is 2.35 bits per heavy atom. The number of allylic oxidation sites excluding steroid dienone is 1. The SMILES string of the molecule is CCC1=C(C)C(Cc2[nH]c(/C=c3\[nH]/c(=C/C4NC(=O)[C@H](C)[C@H]4[C@@H](C)S)c(C)c3CCC(=O)O)c([C@@H](N)[C@H](O)C(=O)O)c2C)=NC1=O. The molecule has 1 unspecified atom stereocenters. The zero-order chi connectivity index (χ0) is 34.2. The summed E-state index contributed by atoms with van der Waals surface area (Å²) in [4.78, 5) is 59.3. The number of H-pyrrole nitrogens is 2. The van der Waals surface area contributed by atoms with Crippen molar-refractivity contribution in [3.63, 3.8) is 0 Å². The van der Waals surface area contributed by atoms with Gasteiger partial charge in [0.05, 0.1) is 17.8 Å². The number of nitrogens with one attached hydrogen (secondary N) is 3. The first-order chi connectivity index (χ1) is 21.6. The first-order valence-corrected chi connectivity index (χ1v) is 15.9. The summed E-state index contributed by atoms with van der Waals surface area (Å²) < 4.78 is 0. The van der Waals surface area contributed by atoms with Gasteiger partial charge in [0.2, 0.25) is 5.91 Å². The average molecular weight is 654 g/mol. The van der Waals surface area contributed by atoms with Crippen LogP contribution in [0, 0.1) is 25.7 Å². The Bertz CT molecular complexity index is 1770. The quantitative estimate of drug-likeness (QED) is 0.156. The predicted molar refractivity (Wildman–Crippen MR) is 177 cm³/mol. The summed E-state index contributed by atoms with van der Waals surface area (Å²) in [5, 5.41) is 33.8. The molecule has 0 aliphatic carbocycles. The number of amides is 2. The molecule has 46 heavy (non-hydrogen) atoms. The molecule has 12 nitrogen and oxygen atoms in total. The van der Waals surface area contributed by atoms with E-state index in [-0.39, 0.29) is 54.2 Å². The number of aliphatic imine (C=N–C) groups is 1. The van der Waals surface area contributed by atoms with Crippen LogP contribution < -0.4 is 21.7 Å². The molecule has 1 saturated heterocycles. The van der Waals surface area contributed by atoms with Gasteiger partial charge in [0.1, 0.15) is 0 Å². The van der Waals surface area contributed by atoms with Crippen molar-refractivity contribution in [3.05, 3.63) is 55.5 Å². The Hall–Kier alpha value is -3.94. The molecule has 6 atom stereocenters. The smallest absolute Gasteiger partial charge is 0.334 e. The molecule has 2 aliphatic rings. The number of carbonyl (C=O) groups excluding carboxylic acids is 2. The molecule has 0 spiro atoms. The molecule has 4 heterocycles. The van der Waals surface area contributed by atoms with Crippen molar-refractivity contribution in [2.75, 3.05) is 0 Å². The van der Waals surface area contributed by atoms with Crippen molar-refractivity contribution in [2.24, 2.45) is 22.6 Å². The van der Waals surface area contributed by atoms with E-state index in [0.29, 0.717) is 50.9 Å². The number of hydrogen-bond acceptors (Lipinski definition) is 7. The molecule has 0 aromatic carbocycles. The number of nitrogens with zero attached hydrogens (tertiary/aromatic N) is 1. The summed E-state index contributed by atoms with van der Waals surface area (Å²) in [5.41, 5.74) is 12.0. The topological polar surface area (TPSA) is 211 Å². The second kappa shape index (κ2) is 13.8. The first kappa shape index (κ1) is 34.9. The summed E-state index contributed by atoms with van der Waals surface area (Å²) in [6, 6.07) is -1.61. The van der Waals surface area contributed by atoms with Gasteiger partial charge in [-0.2, -0.15) is 12.6 Å². The molecule has 2 amide bonds. The van der Waals surface area contributed by atoms with Crippen LogP contribution in [-0.2, 0) is 32.0 Å². The summed E-state index contributed by atoms with van der Waals surface area (Å²) >= 11 is 4.63. The Labute approximate surface area is 272 Å². The molecule has 0 saturated carbocycles. The van der Waals surface area contributed by atoms with Crippen molar-refractivity contribution >= 4 is 54.2 Å². The lowest BCUT2D eigenvalue weighted by Crippen LogP contribution is -2.34. The first-order valence-electron chi connectivity index (χ1n) is 15.4. The number of aliphatic carboxylic acids is 2. The largest absolute Gasteiger partial charge is 0.481 e. The van der Waals surface area contributed by atoms with Gasteiger partial charge in [0.25, 0.3) is 5.91 Å². The molecule has 248 valence electrons. The molecular formula is C33H43N5O7S. The van der Waals surface area contributed by atoms with Crippen molar-refractivity contribution in [2.45, 2.75) is 90.7 Å². The highest BCUT2D eigenvalue weighted by atomic mass is 32.1. The fourth-order valence-electron chi connectivity index (χ4n) is 6.68. The van der Waals surface area contributed by atoms with Crippen molar-refractivity contribution in [1.29, 1.82) is 0 Å². The van der Waals surface area contributed by atoms with Gasteiger partial charge in [-0.15, -0.1) is 0 Å². The van der Waals surface area contributed by atoms with Gasteiger partial charge in [-0.25, -0.2) is 9.79 Å². The van der Waals surface area contributed by atoms with Gasteiger partial charge in [-0.1, -0.05) is 20.8 Å². The number of carboxylic acid groups (broad SMARTS) is 2. The van der Waals surface area contributed by atoms with Crippen molar-refractivity contribution in [3.8, 4) is 0 Å². The maximum Gasteiger partial charge on any atom is 0.334 e. The number of carboxylic acids is 2. The van der Waals surface area contributed by atoms with Crippen LogP contribution in [0.4, 0.5) is 0 Å². The van der Waals surface area contributed by atoms with E-state index in [1.165, 1.54) is 0 Å². The molecule has 4 rings (SSSR count). The number of rotatable bonds is 12. The molecule has 0 bridgehead atoms. The van der Waals surface area contributed by atoms with Crippen LogP contribution in [0.25, 0.3) is 12.2 Å². The van der Waals surface area contributed by atoms with Gasteiger partial charge in [0.15, 0.2) is 6.10 Å². The standard InChI is InChI=1S/C33H43N5O7S/c1-7-18-13(2)21(37-32(18)43)10-22-15(4)28(29(34)30(41)33(44)45)25(36-22)12-23-19(8-9-26(39)40)14(3)20(35-23)11-24-27(17(6)46)16(5)31(42)38-24/h11-12,16-17,24,27,29-30,35-36,41,46H,7-10,34H2,1-6H3,(H,38,42)(H,39,40)(H,44,45)/b20-11+,23-12-/t16-,17-,24?,27+,29-,30+/m1/s1. The Kier molecular flexibility index (Phi) is 10.5. The zero-order valence-corrected chi connectivity index (χ0v) is 27.8. The molecule has 13 heteroatoms. The van der Waals surface area contributed by atoms with E-state index >= 15 is 0 Å². The fourth-order valence-corrected chi connectivity index (χ4v) is 7.12. The van der Waals surface area contributed by atoms with Crippen LogP contribution >= 0.6 is 12.6 Å². The maximum absolute atomic E-state index is 12.5.